The van der Waals surface area contributed by atoms with Crippen molar-refractivity contribution < 1.29 is 19.8 Å². The van der Waals surface area contributed by atoms with Gasteiger partial charge in [0.05, 0.1) is 0 Å². The Balaban J connectivity index is 2.39. The van der Waals surface area contributed by atoms with E-state index in [9.17, 15) is 9.59 Å². The lowest BCUT2D eigenvalue weighted by Gasteiger charge is -2.32. The van der Waals surface area contributed by atoms with Gasteiger partial charge in [-0.3, -0.25) is 4.79 Å². The van der Waals surface area contributed by atoms with Crippen LogP contribution in [-0.4, -0.2) is 64.8 Å². The van der Waals surface area contributed by atoms with E-state index in [2.05, 4.69) is 0 Å². The van der Waals surface area contributed by atoms with Crippen LogP contribution in [0.15, 0.2) is 0 Å². The van der Waals surface area contributed by atoms with E-state index in [0.29, 0.717) is 26.2 Å². The third-order valence-corrected chi connectivity index (χ3v) is 2.04. The van der Waals surface area contributed by atoms with Crippen molar-refractivity contribution in [2.45, 2.75) is 0 Å². The normalized spacial score (nSPS) is 17.3. The predicted molar refractivity (Wildman–Crippen MR) is 43.3 cm³/mol. The first kappa shape index (κ1) is 9.79. The lowest BCUT2D eigenvalue weighted by atomic mass is 10.3. The summed E-state index contributed by atoms with van der Waals surface area (Å²) in [6.07, 6.45) is -0.962. The molecule has 0 saturated carbocycles. The first-order valence-electron chi connectivity index (χ1n) is 4.01. The molecular formula is C7H12N2O4. The van der Waals surface area contributed by atoms with Crippen LogP contribution in [0.1, 0.15) is 0 Å². The van der Waals surface area contributed by atoms with Crippen LogP contribution in [-0.2, 0) is 4.79 Å². The molecule has 6 heteroatoms. The van der Waals surface area contributed by atoms with E-state index in [0.717, 1.165) is 0 Å². The number of rotatable bonds is 1. The zero-order valence-corrected chi connectivity index (χ0v) is 7.14. The number of amides is 2. The molecule has 2 N–H and O–H groups in total. The van der Waals surface area contributed by atoms with Crippen molar-refractivity contribution in [3.05, 3.63) is 0 Å². The summed E-state index contributed by atoms with van der Waals surface area (Å²) >= 11 is 0. The Kier molecular flexibility index (Phi) is 3.07. The van der Waals surface area contributed by atoms with E-state index in [-0.39, 0.29) is 5.91 Å². The fourth-order valence-electron chi connectivity index (χ4n) is 1.25. The van der Waals surface area contributed by atoms with Gasteiger partial charge in [0.1, 0.15) is 6.61 Å². The maximum Gasteiger partial charge on any atom is 0.407 e. The molecule has 1 rings (SSSR count). The van der Waals surface area contributed by atoms with Gasteiger partial charge < -0.3 is 20.0 Å². The van der Waals surface area contributed by atoms with Crippen LogP contribution >= 0.6 is 0 Å². The fourth-order valence-corrected chi connectivity index (χ4v) is 1.25. The summed E-state index contributed by atoms with van der Waals surface area (Å²) in [4.78, 5) is 24.1. The van der Waals surface area contributed by atoms with Gasteiger partial charge >= 0.3 is 6.09 Å². The number of carbonyl (C=O) groups excluding carboxylic acids is 1. The number of hydrogen-bond donors (Lipinski definition) is 2. The lowest BCUT2D eigenvalue weighted by Crippen LogP contribution is -2.50. The molecule has 0 atom stereocenters. The highest BCUT2D eigenvalue weighted by molar-refractivity contribution is 5.77. The van der Waals surface area contributed by atoms with Crippen molar-refractivity contribution in [2.24, 2.45) is 0 Å². The summed E-state index contributed by atoms with van der Waals surface area (Å²) < 4.78 is 0. The van der Waals surface area contributed by atoms with Gasteiger partial charge in [-0.1, -0.05) is 0 Å². The Labute approximate surface area is 75.4 Å². The summed E-state index contributed by atoms with van der Waals surface area (Å²) in [5, 5.41) is 17.1. The number of piperazine rings is 1. The monoisotopic (exact) mass is 188 g/mol. The van der Waals surface area contributed by atoms with Crippen molar-refractivity contribution in [1.29, 1.82) is 0 Å². The molecule has 1 fully saturated rings. The van der Waals surface area contributed by atoms with E-state index in [1.165, 1.54) is 9.80 Å². The lowest BCUT2D eigenvalue weighted by molar-refractivity contribution is -0.135. The van der Waals surface area contributed by atoms with Crippen LogP contribution in [0.4, 0.5) is 4.79 Å². The van der Waals surface area contributed by atoms with Crippen molar-refractivity contribution in [3.63, 3.8) is 0 Å². The number of aliphatic hydroxyl groups excluding tert-OH is 1. The predicted octanol–water partition coefficient (Wildman–Crippen LogP) is -1.20. The maximum absolute atomic E-state index is 11.0. The molecule has 0 aromatic heterocycles. The third kappa shape index (κ3) is 2.32. The SMILES string of the molecule is O=C(O)N1CCN(C(=O)CO)CC1. The van der Waals surface area contributed by atoms with Crippen molar-refractivity contribution >= 4 is 12.0 Å². The molecule has 0 aromatic carbocycles. The first-order valence-corrected chi connectivity index (χ1v) is 4.01. The van der Waals surface area contributed by atoms with Gasteiger partial charge in [-0.15, -0.1) is 0 Å². The van der Waals surface area contributed by atoms with E-state index < -0.39 is 12.7 Å². The molecule has 0 aromatic rings. The van der Waals surface area contributed by atoms with Crippen molar-refractivity contribution in [2.75, 3.05) is 32.8 Å². The highest BCUT2D eigenvalue weighted by Gasteiger charge is 2.22. The minimum Gasteiger partial charge on any atom is -0.465 e. The maximum atomic E-state index is 11.0. The molecule has 1 saturated heterocycles. The van der Waals surface area contributed by atoms with Crippen molar-refractivity contribution in [1.82, 2.24) is 9.80 Å². The zero-order valence-electron chi connectivity index (χ0n) is 7.14. The quantitative estimate of drug-likeness (QED) is 0.541. The molecule has 6 nitrogen and oxygen atoms in total. The minimum atomic E-state index is -0.962. The Bertz CT molecular complexity index is 211. The molecule has 0 spiro atoms. The average Bonchev–Trinajstić information content (AvgIpc) is 2.17. The summed E-state index contributed by atoms with van der Waals surface area (Å²) in [6, 6.07) is 0. The summed E-state index contributed by atoms with van der Waals surface area (Å²) in [6.45, 7) is 0.868. The molecule has 0 radical (unpaired) electrons. The number of nitrogens with zero attached hydrogens (tertiary/aromatic N) is 2. The first-order chi connectivity index (χ1) is 6.15. The zero-order chi connectivity index (χ0) is 9.84. The second kappa shape index (κ2) is 4.08. The molecular weight excluding hydrogens is 176 g/mol. The van der Waals surface area contributed by atoms with Gasteiger partial charge in [-0.05, 0) is 0 Å². The molecule has 1 aliphatic rings. The number of carbonyl (C=O) groups is 2. The molecule has 0 bridgehead atoms. The van der Waals surface area contributed by atoms with Gasteiger partial charge in [0.25, 0.3) is 0 Å². The molecule has 0 unspecified atom stereocenters. The van der Waals surface area contributed by atoms with Crippen LogP contribution in [0.25, 0.3) is 0 Å². The van der Waals surface area contributed by atoms with E-state index in [1.54, 1.807) is 0 Å². The number of carboxylic acid groups (broad SMARTS) is 1. The average molecular weight is 188 g/mol. The van der Waals surface area contributed by atoms with E-state index in [4.69, 9.17) is 10.2 Å². The second-order valence-corrected chi connectivity index (χ2v) is 2.81. The summed E-state index contributed by atoms with van der Waals surface area (Å²) in [5.41, 5.74) is 0. The van der Waals surface area contributed by atoms with Crippen LogP contribution < -0.4 is 0 Å². The van der Waals surface area contributed by atoms with Gasteiger partial charge in [-0.25, -0.2) is 4.79 Å². The smallest absolute Gasteiger partial charge is 0.407 e. The Morgan fingerprint density at radius 1 is 1.08 bits per heavy atom. The van der Waals surface area contributed by atoms with E-state index >= 15 is 0 Å². The fraction of sp³-hybridized carbons (Fsp3) is 0.714. The van der Waals surface area contributed by atoms with Crippen LogP contribution in [0, 0.1) is 0 Å². The minimum absolute atomic E-state index is 0.321. The molecule has 0 aliphatic carbocycles. The van der Waals surface area contributed by atoms with Crippen LogP contribution in [0.3, 0.4) is 0 Å². The molecule has 2 amide bonds. The Hall–Kier alpha value is -1.30. The topological polar surface area (TPSA) is 81.1 Å². The number of aliphatic hydroxyl groups is 1. The van der Waals surface area contributed by atoms with Gasteiger partial charge in [0.15, 0.2) is 0 Å². The molecule has 74 valence electrons. The van der Waals surface area contributed by atoms with Crippen LogP contribution in [0.2, 0.25) is 0 Å². The highest BCUT2D eigenvalue weighted by atomic mass is 16.4. The Morgan fingerprint density at radius 2 is 1.54 bits per heavy atom. The van der Waals surface area contributed by atoms with Crippen molar-refractivity contribution in [3.8, 4) is 0 Å². The van der Waals surface area contributed by atoms with Gasteiger partial charge in [0, 0.05) is 26.2 Å². The largest absolute Gasteiger partial charge is 0.465 e. The summed E-state index contributed by atoms with van der Waals surface area (Å²) in [5.74, 6) is -0.343. The molecule has 1 aliphatic heterocycles. The highest BCUT2D eigenvalue weighted by Crippen LogP contribution is 2.01. The van der Waals surface area contributed by atoms with Gasteiger partial charge in [-0.2, -0.15) is 0 Å². The molecule has 1 heterocycles. The third-order valence-electron chi connectivity index (χ3n) is 2.04. The van der Waals surface area contributed by atoms with E-state index in [1.807, 2.05) is 0 Å². The summed E-state index contributed by atoms with van der Waals surface area (Å²) in [7, 11) is 0. The van der Waals surface area contributed by atoms with Gasteiger partial charge in [0.2, 0.25) is 5.91 Å². The second-order valence-electron chi connectivity index (χ2n) is 2.81. The Morgan fingerprint density at radius 3 is 1.92 bits per heavy atom. The number of hydrogen-bond acceptors (Lipinski definition) is 3. The molecule has 13 heavy (non-hydrogen) atoms. The van der Waals surface area contributed by atoms with Crippen LogP contribution in [0.5, 0.6) is 0 Å². The standard InChI is InChI=1S/C7H12N2O4/c10-5-6(11)8-1-3-9(4-2-8)7(12)13/h10H,1-5H2,(H,12,13).